The summed E-state index contributed by atoms with van der Waals surface area (Å²) in [5, 5.41) is 7.92. The van der Waals surface area contributed by atoms with Gasteiger partial charge in [-0.2, -0.15) is 5.10 Å². The number of aryl methyl sites for hydroxylation is 3. The minimum atomic E-state index is -0.230. The zero-order valence-electron chi connectivity index (χ0n) is 17.9. The molecule has 0 aliphatic heterocycles. The van der Waals surface area contributed by atoms with Gasteiger partial charge in [0.1, 0.15) is 12.4 Å². The Hall–Kier alpha value is -3.74. The fraction of sp³-hybridized carbons (Fsp3) is 0.250. The van der Waals surface area contributed by atoms with E-state index in [4.69, 9.17) is 0 Å². The minimum absolute atomic E-state index is 0.0616. The fourth-order valence-electron chi connectivity index (χ4n) is 3.71. The molecule has 2 aromatic heterocycles. The van der Waals surface area contributed by atoms with Crippen LogP contribution in [0, 0.1) is 20.8 Å². The number of hydrogen-bond donors (Lipinski definition) is 1. The van der Waals surface area contributed by atoms with Crippen molar-refractivity contribution in [1.29, 1.82) is 0 Å². The normalized spacial score (nSPS) is 11.1. The number of nitrogens with one attached hydrogen (secondary N) is 1. The third kappa shape index (κ3) is 4.55. The van der Waals surface area contributed by atoms with Crippen LogP contribution in [0.5, 0.6) is 0 Å². The number of rotatable bonds is 6. The summed E-state index contributed by atoms with van der Waals surface area (Å²) in [6.45, 7) is 6.76. The van der Waals surface area contributed by atoms with E-state index in [0.717, 1.165) is 22.5 Å². The molecule has 0 spiro atoms. The van der Waals surface area contributed by atoms with Crippen LogP contribution in [0.3, 0.4) is 0 Å². The van der Waals surface area contributed by atoms with Crippen molar-refractivity contribution in [3.8, 4) is 0 Å². The first-order chi connectivity index (χ1) is 14.9. The van der Waals surface area contributed by atoms with Crippen molar-refractivity contribution in [2.45, 2.75) is 40.4 Å². The van der Waals surface area contributed by atoms with Gasteiger partial charge < -0.3 is 5.32 Å². The average molecular weight is 415 g/mol. The molecule has 0 bridgehead atoms. The molecule has 2 heterocycles. The maximum Gasteiger partial charge on any atom is 0.261 e. The van der Waals surface area contributed by atoms with Crippen LogP contribution < -0.4 is 10.9 Å². The molecule has 0 fully saturated rings. The van der Waals surface area contributed by atoms with Crippen molar-refractivity contribution < 1.29 is 4.79 Å². The van der Waals surface area contributed by atoms with E-state index in [2.05, 4.69) is 27.5 Å². The molecule has 7 heteroatoms. The van der Waals surface area contributed by atoms with Gasteiger partial charge in [0.15, 0.2) is 0 Å². The number of carbonyl (C=O) groups excluding carboxylic acids is 1. The van der Waals surface area contributed by atoms with Crippen LogP contribution in [-0.4, -0.2) is 25.2 Å². The highest BCUT2D eigenvalue weighted by atomic mass is 16.2. The molecule has 0 aliphatic carbocycles. The van der Waals surface area contributed by atoms with Crippen LogP contribution in [0.25, 0.3) is 10.9 Å². The lowest BCUT2D eigenvalue weighted by Gasteiger charge is -2.12. The Kier molecular flexibility index (Phi) is 5.66. The standard InChI is InChI=1S/C24H25N5O2/c1-16-11-17(2)29(27-16)14-20-8-6-7-19(12-20)13-25-23(30)15-28-18(3)26-22-10-5-4-9-21(22)24(28)31/h4-12H,13-15H2,1-3H3,(H,25,30). The third-order valence-corrected chi connectivity index (χ3v) is 5.27. The number of carbonyl (C=O) groups is 1. The summed E-state index contributed by atoms with van der Waals surface area (Å²) >= 11 is 0. The third-order valence-electron chi connectivity index (χ3n) is 5.27. The monoisotopic (exact) mass is 415 g/mol. The SMILES string of the molecule is Cc1cc(C)n(Cc2cccc(CNC(=O)Cn3c(C)nc4ccccc4c3=O)c2)n1. The van der Waals surface area contributed by atoms with Gasteiger partial charge in [0.2, 0.25) is 5.91 Å². The van der Waals surface area contributed by atoms with Gasteiger partial charge in [-0.15, -0.1) is 0 Å². The Morgan fingerprint density at radius 1 is 1.00 bits per heavy atom. The second-order valence-corrected chi connectivity index (χ2v) is 7.75. The number of hydrogen-bond acceptors (Lipinski definition) is 4. The first kappa shape index (κ1) is 20.5. The summed E-state index contributed by atoms with van der Waals surface area (Å²) in [4.78, 5) is 29.7. The van der Waals surface area contributed by atoms with Crippen LogP contribution >= 0.6 is 0 Å². The Labute approximate surface area is 180 Å². The summed E-state index contributed by atoms with van der Waals surface area (Å²) in [6.07, 6.45) is 0. The van der Waals surface area contributed by atoms with Crippen LogP contribution in [0.2, 0.25) is 0 Å². The van der Waals surface area contributed by atoms with Crippen LogP contribution in [0.4, 0.5) is 0 Å². The quantitative estimate of drug-likeness (QED) is 0.525. The van der Waals surface area contributed by atoms with Gasteiger partial charge >= 0.3 is 0 Å². The number of para-hydroxylation sites is 1. The molecule has 4 aromatic rings. The number of nitrogens with zero attached hydrogens (tertiary/aromatic N) is 4. The average Bonchev–Trinajstić information content (AvgIpc) is 3.06. The summed E-state index contributed by atoms with van der Waals surface area (Å²) < 4.78 is 3.38. The van der Waals surface area contributed by atoms with Crippen molar-refractivity contribution >= 4 is 16.8 Å². The molecule has 7 nitrogen and oxygen atoms in total. The summed E-state index contributed by atoms with van der Waals surface area (Å²) in [5.41, 5.74) is 4.65. The van der Waals surface area contributed by atoms with Gasteiger partial charge in [0, 0.05) is 12.2 Å². The highest BCUT2D eigenvalue weighted by molar-refractivity contribution is 5.79. The maximum atomic E-state index is 12.7. The number of amides is 1. The Morgan fingerprint density at radius 3 is 2.55 bits per heavy atom. The summed E-state index contributed by atoms with van der Waals surface area (Å²) in [7, 11) is 0. The van der Waals surface area contributed by atoms with E-state index in [1.54, 1.807) is 25.1 Å². The van der Waals surface area contributed by atoms with E-state index in [-0.39, 0.29) is 18.0 Å². The predicted molar refractivity (Wildman–Crippen MR) is 120 cm³/mol. The van der Waals surface area contributed by atoms with Gasteiger partial charge in [-0.25, -0.2) is 4.98 Å². The van der Waals surface area contributed by atoms with Crippen molar-refractivity contribution in [3.63, 3.8) is 0 Å². The molecule has 31 heavy (non-hydrogen) atoms. The van der Waals surface area contributed by atoms with Crippen LogP contribution in [-0.2, 0) is 24.4 Å². The zero-order chi connectivity index (χ0) is 22.0. The van der Waals surface area contributed by atoms with Gasteiger partial charge in [-0.05, 0) is 50.1 Å². The molecule has 158 valence electrons. The first-order valence-corrected chi connectivity index (χ1v) is 10.2. The van der Waals surface area contributed by atoms with Gasteiger partial charge in [-0.1, -0.05) is 36.4 Å². The van der Waals surface area contributed by atoms with E-state index in [1.807, 2.05) is 42.8 Å². The fourth-order valence-corrected chi connectivity index (χ4v) is 3.71. The minimum Gasteiger partial charge on any atom is -0.350 e. The van der Waals surface area contributed by atoms with Crippen molar-refractivity contribution in [1.82, 2.24) is 24.6 Å². The molecule has 0 saturated carbocycles. The zero-order valence-corrected chi connectivity index (χ0v) is 17.9. The Bertz CT molecular complexity index is 1320. The molecular formula is C24H25N5O2. The first-order valence-electron chi connectivity index (χ1n) is 10.2. The lowest BCUT2D eigenvalue weighted by molar-refractivity contribution is -0.121. The molecule has 4 rings (SSSR count). The summed E-state index contributed by atoms with van der Waals surface area (Å²) in [5.74, 6) is 0.289. The van der Waals surface area contributed by atoms with Crippen LogP contribution in [0.1, 0.15) is 28.3 Å². The lowest BCUT2D eigenvalue weighted by atomic mass is 10.1. The molecule has 0 aliphatic rings. The van der Waals surface area contributed by atoms with Gasteiger partial charge in [-0.3, -0.25) is 18.8 Å². The van der Waals surface area contributed by atoms with Crippen molar-refractivity contribution in [2.75, 3.05) is 0 Å². The largest absolute Gasteiger partial charge is 0.350 e. The van der Waals surface area contributed by atoms with E-state index in [1.165, 1.54) is 4.57 Å². The van der Waals surface area contributed by atoms with Gasteiger partial charge in [0.25, 0.3) is 5.56 Å². The van der Waals surface area contributed by atoms with Gasteiger partial charge in [0.05, 0.1) is 23.1 Å². The van der Waals surface area contributed by atoms with Crippen molar-refractivity contribution in [2.24, 2.45) is 0 Å². The molecule has 1 N–H and O–H groups in total. The molecule has 0 unspecified atom stereocenters. The second-order valence-electron chi connectivity index (χ2n) is 7.75. The highest BCUT2D eigenvalue weighted by Crippen LogP contribution is 2.10. The van der Waals surface area contributed by atoms with Crippen molar-refractivity contribution in [3.05, 3.63) is 93.3 Å². The Morgan fingerprint density at radius 2 is 1.77 bits per heavy atom. The number of aromatic nitrogens is 4. The topological polar surface area (TPSA) is 81.8 Å². The Balaban J connectivity index is 1.43. The number of fused-ring (bicyclic) bond motifs is 1. The number of benzene rings is 2. The van der Waals surface area contributed by atoms with E-state index in [9.17, 15) is 9.59 Å². The molecule has 0 radical (unpaired) electrons. The van der Waals surface area contributed by atoms with E-state index in [0.29, 0.717) is 29.8 Å². The molecule has 0 atom stereocenters. The molecule has 0 saturated heterocycles. The summed E-state index contributed by atoms with van der Waals surface area (Å²) in [6, 6.07) is 17.3. The van der Waals surface area contributed by atoms with Crippen LogP contribution in [0.15, 0.2) is 59.4 Å². The molecule has 2 aromatic carbocycles. The molecule has 1 amide bonds. The second kappa shape index (κ2) is 8.55. The smallest absolute Gasteiger partial charge is 0.261 e. The van der Waals surface area contributed by atoms with E-state index >= 15 is 0 Å². The highest BCUT2D eigenvalue weighted by Gasteiger charge is 2.11. The predicted octanol–water partition coefficient (Wildman–Crippen LogP) is 2.88. The lowest BCUT2D eigenvalue weighted by Crippen LogP contribution is -2.33. The maximum absolute atomic E-state index is 12.7. The molecular weight excluding hydrogens is 390 g/mol. The van der Waals surface area contributed by atoms with E-state index < -0.39 is 0 Å².